The zero-order valence-corrected chi connectivity index (χ0v) is 19.4. The Balaban J connectivity index is 2.02. The SMILES string of the molecule is CCCN(c1ccc(C(C)(C)CC(=O)O)cc1Nc1ccc(Cl)cc1)C1CCOCC1. The summed E-state index contributed by atoms with van der Waals surface area (Å²) >= 11 is 6.07. The van der Waals surface area contributed by atoms with Crippen molar-refractivity contribution in [1.82, 2.24) is 0 Å². The molecule has 0 spiro atoms. The molecule has 1 aliphatic rings. The van der Waals surface area contributed by atoms with Crippen LogP contribution in [0.2, 0.25) is 5.02 Å². The third-order valence-electron chi connectivity index (χ3n) is 5.90. The summed E-state index contributed by atoms with van der Waals surface area (Å²) in [6, 6.07) is 14.4. The smallest absolute Gasteiger partial charge is 0.304 e. The maximum atomic E-state index is 11.4. The van der Waals surface area contributed by atoms with E-state index in [4.69, 9.17) is 16.3 Å². The van der Waals surface area contributed by atoms with Gasteiger partial charge >= 0.3 is 5.97 Å². The summed E-state index contributed by atoms with van der Waals surface area (Å²) in [6.07, 6.45) is 3.13. The first-order chi connectivity index (χ1) is 14.8. The van der Waals surface area contributed by atoms with Crippen LogP contribution in [0.5, 0.6) is 0 Å². The summed E-state index contributed by atoms with van der Waals surface area (Å²) in [5.41, 5.74) is 3.59. The Kier molecular flexibility index (Phi) is 7.84. The van der Waals surface area contributed by atoms with Crippen molar-refractivity contribution in [2.24, 2.45) is 0 Å². The number of anilines is 3. The largest absolute Gasteiger partial charge is 0.481 e. The average Bonchev–Trinajstić information content (AvgIpc) is 2.73. The van der Waals surface area contributed by atoms with Crippen LogP contribution in [-0.4, -0.2) is 36.9 Å². The second-order valence-corrected chi connectivity index (χ2v) is 9.29. The van der Waals surface area contributed by atoms with Gasteiger partial charge in [0.2, 0.25) is 0 Å². The second kappa shape index (κ2) is 10.4. The maximum absolute atomic E-state index is 11.4. The number of carboxylic acid groups (broad SMARTS) is 1. The Hall–Kier alpha value is -2.24. The van der Waals surface area contributed by atoms with E-state index in [2.05, 4.69) is 35.3 Å². The molecule has 3 rings (SSSR count). The normalized spacial score (nSPS) is 15.0. The first kappa shape index (κ1) is 23.4. The number of nitrogens with one attached hydrogen (secondary N) is 1. The van der Waals surface area contributed by atoms with Gasteiger partial charge in [-0.25, -0.2) is 0 Å². The lowest BCUT2D eigenvalue weighted by molar-refractivity contribution is -0.138. The molecule has 0 unspecified atom stereocenters. The predicted octanol–water partition coefficient (Wildman–Crippen LogP) is 6.23. The van der Waals surface area contributed by atoms with Crippen molar-refractivity contribution in [3.63, 3.8) is 0 Å². The minimum Gasteiger partial charge on any atom is -0.481 e. The molecule has 5 nitrogen and oxygen atoms in total. The Morgan fingerprint density at radius 2 is 1.87 bits per heavy atom. The van der Waals surface area contributed by atoms with Gasteiger partial charge < -0.3 is 20.1 Å². The molecular formula is C25H33ClN2O3. The van der Waals surface area contributed by atoms with Crippen molar-refractivity contribution >= 4 is 34.6 Å². The van der Waals surface area contributed by atoms with E-state index < -0.39 is 11.4 Å². The highest BCUT2D eigenvalue weighted by Crippen LogP contribution is 2.37. The molecule has 0 amide bonds. The van der Waals surface area contributed by atoms with Crippen molar-refractivity contribution in [2.75, 3.05) is 30.0 Å². The molecule has 0 aliphatic carbocycles. The molecule has 0 atom stereocenters. The van der Waals surface area contributed by atoms with Gasteiger partial charge in [0.15, 0.2) is 0 Å². The first-order valence-corrected chi connectivity index (χ1v) is 11.4. The van der Waals surface area contributed by atoms with Crippen LogP contribution in [0.3, 0.4) is 0 Å². The van der Waals surface area contributed by atoms with Gasteiger partial charge in [0.25, 0.3) is 0 Å². The molecule has 31 heavy (non-hydrogen) atoms. The number of nitrogens with zero attached hydrogens (tertiary/aromatic N) is 1. The molecule has 1 fully saturated rings. The number of hydrogen-bond donors (Lipinski definition) is 2. The van der Waals surface area contributed by atoms with Crippen LogP contribution in [0.25, 0.3) is 0 Å². The summed E-state index contributed by atoms with van der Waals surface area (Å²) in [7, 11) is 0. The van der Waals surface area contributed by atoms with Crippen LogP contribution in [0.1, 0.15) is 52.0 Å². The summed E-state index contributed by atoms with van der Waals surface area (Å²) in [5, 5.41) is 13.6. The number of carbonyl (C=O) groups is 1. The molecule has 0 aromatic heterocycles. The van der Waals surface area contributed by atoms with E-state index in [1.165, 1.54) is 0 Å². The molecule has 1 heterocycles. The minimum atomic E-state index is -0.795. The zero-order valence-electron chi connectivity index (χ0n) is 18.7. The number of ether oxygens (including phenoxy) is 1. The van der Waals surface area contributed by atoms with E-state index in [1.54, 1.807) is 0 Å². The van der Waals surface area contributed by atoms with E-state index in [0.717, 1.165) is 61.6 Å². The fourth-order valence-electron chi connectivity index (χ4n) is 4.21. The molecule has 6 heteroatoms. The second-order valence-electron chi connectivity index (χ2n) is 8.86. The standard InChI is InChI=1S/C25H33ClN2O3/c1-4-13-28(21-11-14-31-15-12-21)23-10-5-18(25(2,3)17-24(29)30)16-22(23)27-20-8-6-19(26)7-9-20/h5-10,16,21,27H,4,11-15,17H2,1-3H3,(H,29,30). The lowest BCUT2D eigenvalue weighted by Gasteiger charge is -2.38. The quantitative estimate of drug-likeness (QED) is 0.480. The monoisotopic (exact) mass is 444 g/mol. The summed E-state index contributed by atoms with van der Waals surface area (Å²) in [4.78, 5) is 13.9. The van der Waals surface area contributed by atoms with Gasteiger partial charge in [-0.15, -0.1) is 0 Å². The molecule has 0 bridgehead atoms. The van der Waals surface area contributed by atoms with E-state index >= 15 is 0 Å². The van der Waals surface area contributed by atoms with Crippen LogP contribution in [0, 0.1) is 0 Å². The van der Waals surface area contributed by atoms with Crippen LogP contribution >= 0.6 is 11.6 Å². The fourth-order valence-corrected chi connectivity index (χ4v) is 4.34. The summed E-state index contributed by atoms with van der Waals surface area (Å²) < 4.78 is 5.59. The van der Waals surface area contributed by atoms with Gasteiger partial charge in [-0.2, -0.15) is 0 Å². The fraction of sp³-hybridized carbons (Fsp3) is 0.480. The van der Waals surface area contributed by atoms with Crippen molar-refractivity contribution in [2.45, 2.75) is 57.9 Å². The van der Waals surface area contributed by atoms with Crippen molar-refractivity contribution < 1.29 is 14.6 Å². The molecule has 0 radical (unpaired) electrons. The van der Waals surface area contributed by atoms with Gasteiger partial charge in [-0.1, -0.05) is 38.4 Å². The van der Waals surface area contributed by atoms with Gasteiger partial charge in [0.05, 0.1) is 17.8 Å². The number of benzene rings is 2. The first-order valence-electron chi connectivity index (χ1n) is 11.0. The van der Waals surface area contributed by atoms with Crippen LogP contribution < -0.4 is 10.2 Å². The number of aliphatic carboxylic acids is 1. The number of halogens is 1. The Bertz CT molecular complexity index is 877. The van der Waals surface area contributed by atoms with E-state index in [-0.39, 0.29) is 6.42 Å². The molecule has 2 aromatic carbocycles. The van der Waals surface area contributed by atoms with Crippen molar-refractivity contribution in [1.29, 1.82) is 0 Å². The van der Waals surface area contributed by atoms with Crippen molar-refractivity contribution in [3.8, 4) is 0 Å². The highest BCUT2D eigenvalue weighted by Gasteiger charge is 2.27. The Morgan fingerprint density at radius 3 is 2.48 bits per heavy atom. The van der Waals surface area contributed by atoms with E-state index in [1.807, 2.05) is 38.1 Å². The van der Waals surface area contributed by atoms with E-state index in [0.29, 0.717) is 11.1 Å². The molecule has 2 aromatic rings. The van der Waals surface area contributed by atoms with Gasteiger partial charge in [0, 0.05) is 41.9 Å². The Labute approximate surface area is 190 Å². The third kappa shape index (κ3) is 6.14. The highest BCUT2D eigenvalue weighted by atomic mass is 35.5. The third-order valence-corrected chi connectivity index (χ3v) is 6.15. The Morgan fingerprint density at radius 1 is 1.19 bits per heavy atom. The number of carboxylic acids is 1. The van der Waals surface area contributed by atoms with E-state index in [9.17, 15) is 9.90 Å². The van der Waals surface area contributed by atoms with Gasteiger partial charge in [-0.3, -0.25) is 4.79 Å². The van der Waals surface area contributed by atoms with Gasteiger partial charge in [0.1, 0.15) is 0 Å². The van der Waals surface area contributed by atoms with Crippen molar-refractivity contribution in [3.05, 3.63) is 53.1 Å². The van der Waals surface area contributed by atoms with Gasteiger partial charge in [-0.05, 0) is 61.2 Å². The van der Waals surface area contributed by atoms with Crippen LogP contribution in [0.4, 0.5) is 17.1 Å². The lowest BCUT2D eigenvalue weighted by Crippen LogP contribution is -2.40. The highest BCUT2D eigenvalue weighted by molar-refractivity contribution is 6.30. The average molecular weight is 445 g/mol. The van der Waals surface area contributed by atoms with Crippen LogP contribution in [-0.2, 0) is 14.9 Å². The molecule has 1 saturated heterocycles. The number of rotatable bonds is 9. The molecule has 2 N–H and O–H groups in total. The maximum Gasteiger partial charge on any atom is 0.304 e. The molecular weight excluding hydrogens is 412 g/mol. The molecule has 168 valence electrons. The summed E-state index contributed by atoms with van der Waals surface area (Å²) in [6.45, 7) is 8.68. The lowest BCUT2D eigenvalue weighted by atomic mass is 9.81. The zero-order chi connectivity index (χ0) is 22.4. The summed E-state index contributed by atoms with van der Waals surface area (Å²) in [5.74, 6) is -0.795. The molecule has 1 aliphatic heterocycles. The topological polar surface area (TPSA) is 61.8 Å². The predicted molar refractivity (Wildman–Crippen MR) is 128 cm³/mol. The number of hydrogen-bond acceptors (Lipinski definition) is 4. The van der Waals surface area contributed by atoms with Crippen LogP contribution in [0.15, 0.2) is 42.5 Å². The minimum absolute atomic E-state index is 0.0748. The molecule has 0 saturated carbocycles.